The zero-order valence-electron chi connectivity index (χ0n) is 10.2. The fourth-order valence-corrected chi connectivity index (χ4v) is 2.40. The number of allylic oxidation sites excluding steroid dienone is 1. The van der Waals surface area contributed by atoms with Crippen molar-refractivity contribution in [3.05, 3.63) is 47.5 Å². The summed E-state index contributed by atoms with van der Waals surface area (Å²) in [6, 6.07) is 10.1. The Balaban J connectivity index is 3.17. The molecular weight excluding hydrogens is 230 g/mol. The van der Waals surface area contributed by atoms with E-state index in [4.69, 9.17) is 11.6 Å². The Hall–Kier alpha value is -1.26. The molecule has 2 heteroatoms. The van der Waals surface area contributed by atoms with Gasteiger partial charge >= 0.3 is 0 Å². The zero-order valence-corrected chi connectivity index (χ0v) is 11.0. The molecule has 0 bridgehead atoms. The van der Waals surface area contributed by atoms with Crippen LogP contribution in [0.2, 0.25) is 5.02 Å². The number of nitriles is 1. The van der Waals surface area contributed by atoms with Gasteiger partial charge in [0.1, 0.15) is 0 Å². The summed E-state index contributed by atoms with van der Waals surface area (Å²) in [4.78, 5) is 0. The Morgan fingerprint density at radius 1 is 1.47 bits per heavy atom. The minimum Gasteiger partial charge on any atom is -0.197 e. The SMILES string of the molecule is C=CCC(C#N)(CCCC)c1ccccc1Cl. The minimum absolute atomic E-state index is 0.518. The Morgan fingerprint density at radius 3 is 2.71 bits per heavy atom. The van der Waals surface area contributed by atoms with Gasteiger partial charge in [-0.15, -0.1) is 6.58 Å². The lowest BCUT2D eigenvalue weighted by Crippen LogP contribution is -2.23. The van der Waals surface area contributed by atoms with Crippen LogP contribution in [0.3, 0.4) is 0 Å². The van der Waals surface area contributed by atoms with E-state index in [2.05, 4.69) is 19.6 Å². The Kier molecular flexibility index (Phi) is 5.25. The van der Waals surface area contributed by atoms with Gasteiger partial charge in [-0.1, -0.05) is 55.6 Å². The van der Waals surface area contributed by atoms with Crippen molar-refractivity contribution < 1.29 is 0 Å². The van der Waals surface area contributed by atoms with Crippen molar-refractivity contribution in [2.75, 3.05) is 0 Å². The number of unbranched alkanes of at least 4 members (excludes halogenated alkanes) is 1. The van der Waals surface area contributed by atoms with Crippen LogP contribution in [0.25, 0.3) is 0 Å². The van der Waals surface area contributed by atoms with Gasteiger partial charge in [0.15, 0.2) is 0 Å². The summed E-state index contributed by atoms with van der Waals surface area (Å²) in [6.07, 6.45) is 5.38. The van der Waals surface area contributed by atoms with Crippen LogP contribution >= 0.6 is 11.6 Å². The van der Waals surface area contributed by atoms with Crippen LogP contribution in [0.15, 0.2) is 36.9 Å². The van der Waals surface area contributed by atoms with Gasteiger partial charge in [0.05, 0.1) is 11.5 Å². The minimum atomic E-state index is -0.518. The Bertz CT molecular complexity index is 419. The lowest BCUT2D eigenvalue weighted by atomic mass is 9.75. The summed E-state index contributed by atoms with van der Waals surface area (Å²) < 4.78 is 0. The number of benzene rings is 1. The molecule has 0 saturated heterocycles. The molecule has 0 spiro atoms. The summed E-state index contributed by atoms with van der Waals surface area (Å²) in [6.45, 7) is 5.89. The molecule has 0 heterocycles. The molecular formula is C15H18ClN. The molecule has 1 aromatic carbocycles. The molecule has 1 unspecified atom stereocenters. The highest BCUT2D eigenvalue weighted by Crippen LogP contribution is 2.37. The van der Waals surface area contributed by atoms with E-state index in [1.807, 2.05) is 30.3 Å². The molecule has 0 aliphatic carbocycles. The third-order valence-electron chi connectivity index (χ3n) is 3.05. The number of halogens is 1. The van der Waals surface area contributed by atoms with Crippen molar-refractivity contribution in [2.45, 2.75) is 38.0 Å². The van der Waals surface area contributed by atoms with Crippen LogP contribution in [0.4, 0.5) is 0 Å². The molecule has 1 rings (SSSR count). The fraction of sp³-hybridized carbons (Fsp3) is 0.400. The van der Waals surface area contributed by atoms with Crippen molar-refractivity contribution in [3.63, 3.8) is 0 Å². The molecule has 17 heavy (non-hydrogen) atoms. The highest BCUT2D eigenvalue weighted by atomic mass is 35.5. The zero-order chi connectivity index (χ0) is 12.7. The monoisotopic (exact) mass is 247 g/mol. The van der Waals surface area contributed by atoms with Crippen LogP contribution < -0.4 is 0 Å². The highest BCUT2D eigenvalue weighted by Gasteiger charge is 2.32. The number of nitrogens with zero attached hydrogens (tertiary/aromatic N) is 1. The van der Waals surface area contributed by atoms with Gasteiger partial charge < -0.3 is 0 Å². The van der Waals surface area contributed by atoms with Crippen LogP contribution in [-0.4, -0.2) is 0 Å². The summed E-state index contributed by atoms with van der Waals surface area (Å²) in [5.74, 6) is 0. The van der Waals surface area contributed by atoms with E-state index in [1.165, 1.54) is 0 Å². The Labute approximate surface area is 109 Å². The number of hydrogen-bond acceptors (Lipinski definition) is 1. The van der Waals surface area contributed by atoms with E-state index in [9.17, 15) is 5.26 Å². The fourth-order valence-electron chi connectivity index (χ4n) is 2.08. The second kappa shape index (κ2) is 6.47. The molecule has 0 N–H and O–H groups in total. The smallest absolute Gasteiger partial charge is 0.0870 e. The first kappa shape index (κ1) is 13.8. The molecule has 0 amide bonds. The van der Waals surface area contributed by atoms with Gasteiger partial charge in [0, 0.05) is 5.02 Å². The van der Waals surface area contributed by atoms with Gasteiger partial charge in [-0.25, -0.2) is 0 Å². The maximum Gasteiger partial charge on any atom is 0.0870 e. The van der Waals surface area contributed by atoms with Gasteiger partial charge in [-0.3, -0.25) is 0 Å². The first-order valence-electron chi connectivity index (χ1n) is 5.97. The van der Waals surface area contributed by atoms with E-state index < -0.39 is 5.41 Å². The summed E-state index contributed by atoms with van der Waals surface area (Å²) in [5, 5.41) is 10.2. The molecule has 0 radical (unpaired) electrons. The summed E-state index contributed by atoms with van der Waals surface area (Å²) in [7, 11) is 0. The molecule has 1 atom stereocenters. The van der Waals surface area contributed by atoms with Crippen LogP contribution in [-0.2, 0) is 5.41 Å². The van der Waals surface area contributed by atoms with Crippen LogP contribution in [0.5, 0.6) is 0 Å². The van der Waals surface area contributed by atoms with Crippen molar-refractivity contribution in [1.29, 1.82) is 5.26 Å². The second-order valence-corrected chi connectivity index (χ2v) is 4.68. The number of hydrogen-bond donors (Lipinski definition) is 0. The standard InChI is InChI=1S/C15H18ClN/c1-3-5-11-15(12-17,10-4-2)13-8-6-7-9-14(13)16/h4,6-9H,2-3,5,10-11H2,1H3. The van der Waals surface area contributed by atoms with Crippen LogP contribution in [0.1, 0.15) is 38.2 Å². The Morgan fingerprint density at radius 2 is 2.18 bits per heavy atom. The van der Waals surface area contributed by atoms with Crippen LogP contribution in [0, 0.1) is 11.3 Å². The summed E-state index contributed by atoms with van der Waals surface area (Å²) in [5.41, 5.74) is 0.411. The van der Waals surface area contributed by atoms with Gasteiger partial charge in [-0.05, 0) is 24.5 Å². The lowest BCUT2D eigenvalue weighted by Gasteiger charge is -2.26. The van der Waals surface area contributed by atoms with Gasteiger partial charge in [-0.2, -0.15) is 5.26 Å². The van der Waals surface area contributed by atoms with Crippen molar-refractivity contribution in [2.24, 2.45) is 0 Å². The third kappa shape index (κ3) is 3.11. The first-order valence-corrected chi connectivity index (χ1v) is 6.35. The molecule has 1 aromatic rings. The van der Waals surface area contributed by atoms with Crippen molar-refractivity contribution in [3.8, 4) is 6.07 Å². The number of rotatable bonds is 6. The molecule has 0 fully saturated rings. The third-order valence-corrected chi connectivity index (χ3v) is 3.38. The van der Waals surface area contributed by atoms with Crippen molar-refractivity contribution in [1.82, 2.24) is 0 Å². The van der Waals surface area contributed by atoms with E-state index >= 15 is 0 Å². The van der Waals surface area contributed by atoms with E-state index in [0.717, 1.165) is 24.8 Å². The van der Waals surface area contributed by atoms with Gasteiger partial charge in [0.25, 0.3) is 0 Å². The van der Waals surface area contributed by atoms with E-state index in [1.54, 1.807) is 0 Å². The van der Waals surface area contributed by atoms with E-state index in [0.29, 0.717) is 11.4 Å². The predicted octanol–water partition coefficient (Wildman–Crippen LogP) is 4.87. The first-order chi connectivity index (χ1) is 8.20. The topological polar surface area (TPSA) is 23.8 Å². The molecule has 0 aliphatic heterocycles. The quantitative estimate of drug-likeness (QED) is 0.658. The normalized spacial score (nSPS) is 13.7. The second-order valence-electron chi connectivity index (χ2n) is 4.27. The molecule has 0 aromatic heterocycles. The molecule has 1 nitrogen and oxygen atoms in total. The van der Waals surface area contributed by atoms with Crippen molar-refractivity contribution >= 4 is 11.6 Å². The average molecular weight is 248 g/mol. The van der Waals surface area contributed by atoms with Gasteiger partial charge in [0.2, 0.25) is 0 Å². The lowest BCUT2D eigenvalue weighted by molar-refractivity contribution is 0.485. The molecule has 90 valence electrons. The predicted molar refractivity (Wildman–Crippen MR) is 73.1 cm³/mol. The summed E-state index contributed by atoms with van der Waals surface area (Å²) >= 11 is 6.22. The average Bonchev–Trinajstić information content (AvgIpc) is 2.35. The molecule has 0 saturated carbocycles. The molecule has 0 aliphatic rings. The maximum atomic E-state index is 9.56. The highest BCUT2D eigenvalue weighted by molar-refractivity contribution is 6.31. The largest absolute Gasteiger partial charge is 0.197 e. The maximum absolute atomic E-state index is 9.56. The van der Waals surface area contributed by atoms with E-state index in [-0.39, 0.29) is 0 Å².